The molecule has 1 aromatic heterocycles. The van der Waals surface area contributed by atoms with Gasteiger partial charge in [-0.15, -0.1) is 0 Å². The van der Waals surface area contributed by atoms with Gasteiger partial charge in [-0.1, -0.05) is 12.1 Å². The molecule has 2 aromatic carbocycles. The molecule has 172 valence electrons. The predicted molar refractivity (Wildman–Crippen MR) is 119 cm³/mol. The zero-order valence-corrected chi connectivity index (χ0v) is 18.3. The number of ether oxygens (including phenoxy) is 4. The van der Waals surface area contributed by atoms with Gasteiger partial charge in [0.05, 0.1) is 12.0 Å². The number of pyridine rings is 1. The van der Waals surface area contributed by atoms with Crippen LogP contribution in [0.5, 0.6) is 17.2 Å². The van der Waals surface area contributed by atoms with Crippen LogP contribution in [0.3, 0.4) is 0 Å². The summed E-state index contributed by atoms with van der Waals surface area (Å²) in [5, 5.41) is 3.74. The zero-order chi connectivity index (χ0) is 23.4. The first-order valence-electron chi connectivity index (χ1n) is 10.6. The molecule has 0 radical (unpaired) electrons. The highest BCUT2D eigenvalue weighted by Crippen LogP contribution is 2.32. The average molecular weight is 452 g/mol. The zero-order valence-electron chi connectivity index (χ0n) is 18.3. The quantitative estimate of drug-likeness (QED) is 0.523. The van der Waals surface area contributed by atoms with E-state index in [2.05, 4.69) is 5.32 Å². The summed E-state index contributed by atoms with van der Waals surface area (Å²) in [4.78, 5) is 37.3. The molecule has 9 heteroatoms. The van der Waals surface area contributed by atoms with Gasteiger partial charge >= 0.3 is 5.97 Å². The summed E-state index contributed by atoms with van der Waals surface area (Å²) in [6.07, 6.45) is 0.715. The summed E-state index contributed by atoms with van der Waals surface area (Å²) in [5.74, 6) is 0.916. The molecule has 0 saturated heterocycles. The molecule has 0 fully saturated rings. The summed E-state index contributed by atoms with van der Waals surface area (Å²) in [7, 11) is 0. The minimum atomic E-state index is -0.820. The van der Waals surface area contributed by atoms with Gasteiger partial charge in [-0.2, -0.15) is 0 Å². The number of nitrogens with one attached hydrogen (secondary N) is 1. The minimum Gasteiger partial charge on any atom is -0.478 e. The molecule has 0 spiro atoms. The average Bonchev–Trinajstić information content (AvgIpc) is 3.28. The van der Waals surface area contributed by atoms with Crippen molar-refractivity contribution in [3.63, 3.8) is 0 Å². The first kappa shape index (κ1) is 22.2. The van der Waals surface area contributed by atoms with Crippen LogP contribution in [0.25, 0.3) is 10.8 Å². The van der Waals surface area contributed by atoms with Crippen molar-refractivity contribution in [3.8, 4) is 17.2 Å². The maximum absolute atomic E-state index is 12.9. The van der Waals surface area contributed by atoms with Crippen LogP contribution in [0.2, 0.25) is 0 Å². The molecule has 1 aliphatic rings. The monoisotopic (exact) mass is 452 g/mol. The van der Waals surface area contributed by atoms with Gasteiger partial charge in [0, 0.05) is 18.1 Å². The number of carbonyl (C=O) groups excluding carboxylic acids is 2. The number of fused-ring (bicyclic) bond motifs is 2. The van der Waals surface area contributed by atoms with E-state index in [0.717, 1.165) is 5.56 Å². The number of rotatable bonds is 8. The van der Waals surface area contributed by atoms with Crippen molar-refractivity contribution in [2.24, 2.45) is 0 Å². The van der Waals surface area contributed by atoms with E-state index in [1.807, 2.05) is 12.1 Å². The Balaban J connectivity index is 1.45. The lowest BCUT2D eigenvalue weighted by molar-refractivity contribution is -0.150. The summed E-state index contributed by atoms with van der Waals surface area (Å²) < 4.78 is 22.6. The molecule has 0 saturated carbocycles. The molecule has 0 aliphatic carbocycles. The van der Waals surface area contributed by atoms with E-state index in [1.54, 1.807) is 44.2 Å². The largest absolute Gasteiger partial charge is 0.478 e. The minimum absolute atomic E-state index is 0.135. The number of benzene rings is 2. The molecule has 0 unspecified atom stereocenters. The Bertz CT molecular complexity index is 1250. The van der Waals surface area contributed by atoms with Gasteiger partial charge in [-0.05, 0) is 49.7 Å². The van der Waals surface area contributed by atoms with E-state index in [9.17, 15) is 14.4 Å². The van der Waals surface area contributed by atoms with Crippen molar-refractivity contribution in [1.29, 1.82) is 0 Å². The number of hydrogen-bond donors (Lipinski definition) is 1. The van der Waals surface area contributed by atoms with Crippen molar-refractivity contribution in [2.75, 3.05) is 13.4 Å². The van der Waals surface area contributed by atoms with E-state index in [0.29, 0.717) is 34.6 Å². The molecule has 0 bridgehead atoms. The third-order valence-electron chi connectivity index (χ3n) is 5.14. The molecule has 3 aromatic rings. The highest BCUT2D eigenvalue weighted by atomic mass is 16.7. The summed E-state index contributed by atoms with van der Waals surface area (Å²) in [6.45, 7) is 3.90. The molecule has 1 atom stereocenters. The fourth-order valence-corrected chi connectivity index (χ4v) is 3.48. The van der Waals surface area contributed by atoms with Gasteiger partial charge in [-0.25, -0.2) is 4.79 Å². The van der Waals surface area contributed by atoms with E-state index in [1.165, 1.54) is 10.8 Å². The van der Waals surface area contributed by atoms with E-state index in [-0.39, 0.29) is 31.4 Å². The summed E-state index contributed by atoms with van der Waals surface area (Å²) in [5.41, 5.74) is 0.524. The Morgan fingerprint density at radius 1 is 1.12 bits per heavy atom. The molecular formula is C24H24N2O7. The first-order chi connectivity index (χ1) is 16.0. The standard InChI is InChI=1S/C24H24N2O7/c1-3-30-24(29)15(2)33-19-6-4-5-18-17(19)9-10-26(23(18)28)13-22(27)25-12-16-7-8-20-21(11-16)32-14-31-20/h4-11,15H,3,12-14H2,1-2H3,(H,25,27)/t15-/m0/s1. The number of carbonyl (C=O) groups is 2. The molecule has 1 N–H and O–H groups in total. The molecular weight excluding hydrogens is 428 g/mol. The summed E-state index contributed by atoms with van der Waals surface area (Å²) in [6, 6.07) is 12.1. The molecule has 2 heterocycles. The van der Waals surface area contributed by atoms with Crippen molar-refractivity contribution in [2.45, 2.75) is 33.0 Å². The molecule has 1 aliphatic heterocycles. The maximum Gasteiger partial charge on any atom is 0.347 e. The lowest BCUT2D eigenvalue weighted by atomic mass is 10.1. The number of esters is 1. The molecule has 9 nitrogen and oxygen atoms in total. The third kappa shape index (κ3) is 4.92. The number of hydrogen-bond acceptors (Lipinski definition) is 7. The van der Waals surface area contributed by atoms with Gasteiger partial charge in [0.1, 0.15) is 12.3 Å². The van der Waals surface area contributed by atoms with Crippen LogP contribution in [0.15, 0.2) is 53.5 Å². The van der Waals surface area contributed by atoms with Crippen molar-refractivity contribution < 1.29 is 28.5 Å². The molecule has 33 heavy (non-hydrogen) atoms. The van der Waals surface area contributed by atoms with Gasteiger partial charge in [-0.3, -0.25) is 9.59 Å². The van der Waals surface area contributed by atoms with Crippen LogP contribution >= 0.6 is 0 Å². The Morgan fingerprint density at radius 2 is 1.94 bits per heavy atom. The highest BCUT2D eigenvalue weighted by Gasteiger charge is 2.18. The van der Waals surface area contributed by atoms with Crippen LogP contribution in [-0.4, -0.2) is 35.9 Å². The fourth-order valence-electron chi connectivity index (χ4n) is 3.48. The lowest BCUT2D eigenvalue weighted by Crippen LogP contribution is -2.32. The SMILES string of the molecule is CCOC(=O)[C@H](C)Oc1cccc2c(=O)n(CC(=O)NCc3ccc4c(c3)OCO4)ccc12. The second-order valence-corrected chi connectivity index (χ2v) is 7.44. The van der Waals surface area contributed by atoms with Crippen LogP contribution < -0.4 is 25.1 Å². The number of nitrogens with zero attached hydrogens (tertiary/aromatic N) is 1. The first-order valence-corrected chi connectivity index (χ1v) is 10.6. The van der Waals surface area contributed by atoms with Crippen molar-refractivity contribution >= 4 is 22.6 Å². The molecule has 4 rings (SSSR count). The number of amides is 1. The van der Waals surface area contributed by atoms with Crippen LogP contribution in [0.1, 0.15) is 19.4 Å². The van der Waals surface area contributed by atoms with Gasteiger partial charge in [0.2, 0.25) is 12.7 Å². The van der Waals surface area contributed by atoms with Crippen LogP contribution in [-0.2, 0) is 27.4 Å². The number of aromatic nitrogens is 1. The third-order valence-corrected chi connectivity index (χ3v) is 5.14. The van der Waals surface area contributed by atoms with Gasteiger partial charge in [0.25, 0.3) is 5.56 Å². The van der Waals surface area contributed by atoms with E-state index in [4.69, 9.17) is 18.9 Å². The highest BCUT2D eigenvalue weighted by molar-refractivity contribution is 5.88. The Morgan fingerprint density at radius 3 is 2.76 bits per heavy atom. The van der Waals surface area contributed by atoms with Crippen LogP contribution in [0, 0.1) is 0 Å². The predicted octanol–water partition coefficient (Wildman–Crippen LogP) is 2.38. The Kier molecular flexibility index (Phi) is 6.48. The van der Waals surface area contributed by atoms with Gasteiger partial charge in [0.15, 0.2) is 17.6 Å². The smallest absolute Gasteiger partial charge is 0.347 e. The van der Waals surface area contributed by atoms with E-state index >= 15 is 0 Å². The summed E-state index contributed by atoms with van der Waals surface area (Å²) >= 11 is 0. The topological polar surface area (TPSA) is 105 Å². The van der Waals surface area contributed by atoms with Gasteiger partial charge < -0.3 is 28.8 Å². The second-order valence-electron chi connectivity index (χ2n) is 7.44. The second kappa shape index (κ2) is 9.64. The fraction of sp³-hybridized carbons (Fsp3) is 0.292. The molecule has 1 amide bonds. The Hall–Kier alpha value is -4.01. The van der Waals surface area contributed by atoms with Crippen LogP contribution in [0.4, 0.5) is 0 Å². The van der Waals surface area contributed by atoms with Crippen molar-refractivity contribution in [3.05, 3.63) is 64.6 Å². The maximum atomic E-state index is 12.9. The normalized spacial score (nSPS) is 12.9. The lowest BCUT2D eigenvalue weighted by Gasteiger charge is -2.15. The van der Waals surface area contributed by atoms with E-state index < -0.39 is 12.1 Å². The van der Waals surface area contributed by atoms with Crippen molar-refractivity contribution in [1.82, 2.24) is 9.88 Å². The Labute approximate surface area is 189 Å².